The monoisotopic (exact) mass is 462 g/mol. The highest BCUT2D eigenvalue weighted by atomic mass is 32.1. The fourth-order valence-electron chi connectivity index (χ4n) is 3.95. The molecule has 1 amide bonds. The topological polar surface area (TPSA) is 83.5 Å². The van der Waals surface area contributed by atoms with Crippen molar-refractivity contribution in [3.8, 4) is 0 Å². The van der Waals surface area contributed by atoms with E-state index in [-0.39, 0.29) is 6.09 Å². The zero-order valence-corrected chi connectivity index (χ0v) is 19.6. The second kappa shape index (κ2) is 9.19. The Kier molecular flexibility index (Phi) is 5.95. The molecule has 3 heterocycles. The van der Waals surface area contributed by atoms with Gasteiger partial charge in [0.05, 0.1) is 27.9 Å². The van der Waals surface area contributed by atoms with Crippen LogP contribution in [0.4, 0.5) is 21.6 Å². The average molecular weight is 463 g/mol. The summed E-state index contributed by atoms with van der Waals surface area (Å²) in [6.07, 6.45) is 0.732. The third-order valence-corrected chi connectivity index (χ3v) is 6.68. The number of carbonyl (C=O) groups excluding carboxylic acids is 1. The van der Waals surface area contributed by atoms with Crippen molar-refractivity contribution in [2.45, 2.75) is 20.3 Å². The van der Waals surface area contributed by atoms with Gasteiger partial charge < -0.3 is 19.9 Å². The van der Waals surface area contributed by atoms with Crippen LogP contribution >= 0.6 is 11.3 Å². The lowest BCUT2D eigenvalue weighted by Gasteiger charge is -2.35. The summed E-state index contributed by atoms with van der Waals surface area (Å²) in [6.45, 7) is 6.81. The number of hydrogen-bond acceptors (Lipinski definition) is 8. The van der Waals surface area contributed by atoms with Crippen LogP contribution in [0.2, 0.25) is 0 Å². The maximum Gasteiger partial charge on any atom is 0.409 e. The minimum atomic E-state index is -0.263. The summed E-state index contributed by atoms with van der Waals surface area (Å²) in [5.41, 5.74) is 3.92. The van der Waals surface area contributed by atoms with Crippen molar-refractivity contribution >= 4 is 55.4 Å². The first-order valence-corrected chi connectivity index (χ1v) is 12.1. The number of nitrogens with zero attached hydrogens (tertiary/aromatic N) is 5. The Labute approximate surface area is 196 Å². The van der Waals surface area contributed by atoms with Gasteiger partial charge in [-0.05, 0) is 43.2 Å². The van der Waals surface area contributed by atoms with E-state index in [1.807, 2.05) is 31.2 Å². The first kappa shape index (κ1) is 21.4. The van der Waals surface area contributed by atoms with Crippen LogP contribution in [0.5, 0.6) is 0 Å². The Bertz CT molecular complexity index is 1300. The fourth-order valence-corrected chi connectivity index (χ4v) is 4.88. The molecule has 4 aromatic rings. The molecule has 9 heteroatoms. The molecular formula is C24H26N6O2S. The molecule has 0 unspecified atom stereocenters. The number of para-hydroxylation sites is 2. The smallest absolute Gasteiger partial charge is 0.409 e. The minimum absolute atomic E-state index is 0.263. The molecule has 33 heavy (non-hydrogen) atoms. The SMILES string of the molecule is CCOC(=O)N1CCN(c2nc3ccccc3nc2Nc2nc3ccc(CC)cc3s2)CC1. The number of benzene rings is 2. The number of ether oxygens (including phenoxy) is 1. The predicted molar refractivity (Wildman–Crippen MR) is 133 cm³/mol. The van der Waals surface area contributed by atoms with Gasteiger partial charge in [-0.1, -0.05) is 36.5 Å². The number of thiazole rings is 1. The lowest BCUT2D eigenvalue weighted by atomic mass is 10.2. The summed E-state index contributed by atoms with van der Waals surface area (Å²) in [4.78, 5) is 30.6. The van der Waals surface area contributed by atoms with Crippen LogP contribution in [0, 0.1) is 0 Å². The molecule has 0 radical (unpaired) electrons. The number of amides is 1. The van der Waals surface area contributed by atoms with Crippen LogP contribution in [-0.4, -0.2) is 58.7 Å². The van der Waals surface area contributed by atoms with E-state index in [4.69, 9.17) is 19.7 Å². The molecule has 0 aliphatic carbocycles. The van der Waals surface area contributed by atoms with Gasteiger partial charge in [-0.3, -0.25) is 0 Å². The van der Waals surface area contributed by atoms with Gasteiger partial charge in [-0.25, -0.2) is 19.7 Å². The van der Waals surface area contributed by atoms with Crippen LogP contribution in [0.15, 0.2) is 42.5 Å². The highest BCUT2D eigenvalue weighted by Gasteiger charge is 2.25. The highest BCUT2D eigenvalue weighted by Crippen LogP contribution is 2.33. The van der Waals surface area contributed by atoms with Crippen LogP contribution < -0.4 is 10.2 Å². The Morgan fingerprint density at radius 1 is 1.00 bits per heavy atom. The minimum Gasteiger partial charge on any atom is -0.450 e. The summed E-state index contributed by atoms with van der Waals surface area (Å²) in [5.74, 6) is 1.44. The molecule has 1 saturated heterocycles. The van der Waals surface area contributed by atoms with Crippen LogP contribution in [0.3, 0.4) is 0 Å². The van der Waals surface area contributed by atoms with Crippen molar-refractivity contribution < 1.29 is 9.53 Å². The predicted octanol–water partition coefficient (Wildman–Crippen LogP) is 4.82. The number of nitrogens with one attached hydrogen (secondary N) is 1. The Morgan fingerprint density at radius 2 is 1.76 bits per heavy atom. The number of aromatic nitrogens is 3. The van der Waals surface area contributed by atoms with E-state index in [0.717, 1.165) is 38.6 Å². The van der Waals surface area contributed by atoms with Crippen molar-refractivity contribution in [1.29, 1.82) is 0 Å². The fraction of sp³-hybridized carbons (Fsp3) is 0.333. The maximum absolute atomic E-state index is 12.1. The molecule has 170 valence electrons. The molecule has 1 aliphatic heterocycles. The molecule has 0 spiro atoms. The molecule has 2 aromatic carbocycles. The van der Waals surface area contributed by atoms with Crippen LogP contribution in [0.1, 0.15) is 19.4 Å². The molecule has 1 aliphatic rings. The van der Waals surface area contributed by atoms with Gasteiger partial charge in [0.2, 0.25) is 0 Å². The number of fused-ring (bicyclic) bond motifs is 2. The number of anilines is 3. The van der Waals surface area contributed by atoms with Gasteiger partial charge in [0.15, 0.2) is 16.8 Å². The second-order valence-electron chi connectivity index (χ2n) is 7.86. The molecule has 1 fully saturated rings. The van der Waals surface area contributed by atoms with Crippen LogP contribution in [0.25, 0.3) is 21.3 Å². The second-order valence-corrected chi connectivity index (χ2v) is 8.89. The molecule has 0 atom stereocenters. The largest absolute Gasteiger partial charge is 0.450 e. The Balaban J connectivity index is 1.45. The van der Waals surface area contributed by atoms with E-state index in [1.165, 1.54) is 5.56 Å². The average Bonchev–Trinajstić information content (AvgIpc) is 3.25. The Morgan fingerprint density at radius 3 is 2.48 bits per heavy atom. The summed E-state index contributed by atoms with van der Waals surface area (Å²) in [6, 6.07) is 14.2. The zero-order valence-electron chi connectivity index (χ0n) is 18.7. The van der Waals surface area contributed by atoms with Crippen molar-refractivity contribution in [2.24, 2.45) is 0 Å². The summed E-state index contributed by atoms with van der Waals surface area (Å²) < 4.78 is 6.30. The first-order chi connectivity index (χ1) is 16.1. The standard InChI is InChI=1S/C24H26N6O2S/c1-3-16-9-10-19-20(15-16)33-23(27-19)28-21-22(26-18-8-6-5-7-17(18)25-21)29-11-13-30(14-12-29)24(31)32-4-2/h5-10,15H,3-4,11-14H2,1-2H3,(H,25,27,28). The normalized spacial score (nSPS) is 14.1. The zero-order chi connectivity index (χ0) is 22.8. The number of piperazine rings is 1. The summed E-state index contributed by atoms with van der Waals surface area (Å²) >= 11 is 1.61. The molecule has 2 aromatic heterocycles. The van der Waals surface area contributed by atoms with Gasteiger partial charge in [0.25, 0.3) is 0 Å². The lowest BCUT2D eigenvalue weighted by Crippen LogP contribution is -2.49. The van der Waals surface area contributed by atoms with Crippen LogP contribution in [-0.2, 0) is 11.2 Å². The van der Waals surface area contributed by atoms with E-state index >= 15 is 0 Å². The maximum atomic E-state index is 12.1. The Hall–Kier alpha value is -3.46. The number of carbonyl (C=O) groups is 1. The summed E-state index contributed by atoms with van der Waals surface area (Å²) in [5, 5.41) is 4.22. The number of hydrogen-bond donors (Lipinski definition) is 1. The summed E-state index contributed by atoms with van der Waals surface area (Å²) in [7, 11) is 0. The first-order valence-electron chi connectivity index (χ1n) is 11.2. The van der Waals surface area contributed by atoms with E-state index < -0.39 is 0 Å². The molecule has 0 bridgehead atoms. The van der Waals surface area contributed by atoms with Crippen molar-refractivity contribution in [3.63, 3.8) is 0 Å². The quantitative estimate of drug-likeness (QED) is 0.455. The molecule has 5 rings (SSSR count). The van der Waals surface area contributed by atoms with Crippen molar-refractivity contribution in [1.82, 2.24) is 19.9 Å². The molecular weight excluding hydrogens is 436 g/mol. The van der Waals surface area contributed by atoms with Crippen molar-refractivity contribution in [2.75, 3.05) is 43.0 Å². The molecule has 0 saturated carbocycles. The van der Waals surface area contributed by atoms with Gasteiger partial charge in [0, 0.05) is 26.2 Å². The lowest BCUT2D eigenvalue weighted by molar-refractivity contribution is 0.105. The van der Waals surface area contributed by atoms with Gasteiger partial charge in [0.1, 0.15) is 0 Å². The van der Waals surface area contributed by atoms with E-state index in [9.17, 15) is 4.79 Å². The third kappa shape index (κ3) is 4.41. The van der Waals surface area contributed by atoms with Crippen molar-refractivity contribution in [3.05, 3.63) is 48.0 Å². The van der Waals surface area contributed by atoms with Gasteiger partial charge >= 0.3 is 6.09 Å². The third-order valence-electron chi connectivity index (χ3n) is 5.74. The number of rotatable bonds is 5. The van der Waals surface area contributed by atoms with E-state index in [2.05, 4.69) is 35.3 Å². The number of aryl methyl sites for hydroxylation is 1. The highest BCUT2D eigenvalue weighted by molar-refractivity contribution is 7.22. The van der Waals surface area contributed by atoms with E-state index in [1.54, 1.807) is 16.2 Å². The molecule has 8 nitrogen and oxygen atoms in total. The molecule has 1 N–H and O–H groups in total. The van der Waals surface area contributed by atoms with Gasteiger partial charge in [-0.2, -0.15) is 0 Å². The van der Waals surface area contributed by atoms with Gasteiger partial charge in [-0.15, -0.1) is 0 Å². The van der Waals surface area contributed by atoms with E-state index in [0.29, 0.717) is 38.6 Å².